The molecule has 3 nitrogen and oxygen atoms in total. The Morgan fingerprint density at radius 3 is 2.73 bits per heavy atom. The molecule has 0 spiro atoms. The highest BCUT2D eigenvalue weighted by molar-refractivity contribution is 9.10. The first-order valence-electron chi connectivity index (χ1n) is 5.10. The summed E-state index contributed by atoms with van der Waals surface area (Å²) >= 11 is 5.11. The van der Waals surface area contributed by atoms with Gasteiger partial charge in [0.05, 0.1) is 0 Å². The molecule has 0 bridgehead atoms. The van der Waals surface area contributed by atoms with Crippen molar-refractivity contribution in [3.8, 4) is 0 Å². The molecule has 2 unspecified atom stereocenters. The maximum absolute atomic E-state index is 4.46. The summed E-state index contributed by atoms with van der Waals surface area (Å²) in [5.74, 6) is 0.711. The van der Waals surface area contributed by atoms with E-state index in [0.717, 1.165) is 22.8 Å². The van der Waals surface area contributed by atoms with Crippen LogP contribution in [0.2, 0.25) is 0 Å². The van der Waals surface area contributed by atoms with Crippen LogP contribution in [0.1, 0.15) is 6.92 Å². The average Bonchev–Trinajstić information content (AvgIpc) is 2.71. The van der Waals surface area contributed by atoms with Crippen LogP contribution in [0.3, 0.4) is 0 Å². The van der Waals surface area contributed by atoms with E-state index in [9.17, 15) is 0 Å². The largest absolute Gasteiger partial charge is 0.346 e. The number of rotatable bonds is 2. The summed E-state index contributed by atoms with van der Waals surface area (Å²) in [5.41, 5.74) is 0. The SMILES string of the molecule is CC1CN(c2nc(Br)cs2)CC1N(C)C. The number of aromatic nitrogens is 1. The van der Waals surface area contributed by atoms with E-state index < -0.39 is 0 Å². The summed E-state index contributed by atoms with van der Waals surface area (Å²) in [5, 5.41) is 3.18. The maximum Gasteiger partial charge on any atom is 0.186 e. The minimum Gasteiger partial charge on any atom is -0.346 e. The minimum atomic E-state index is 0.646. The molecular formula is C10H16BrN3S. The molecule has 1 aromatic rings. The summed E-state index contributed by atoms with van der Waals surface area (Å²) in [6.45, 7) is 4.52. The summed E-state index contributed by atoms with van der Waals surface area (Å²) in [6.07, 6.45) is 0. The molecular weight excluding hydrogens is 274 g/mol. The van der Waals surface area contributed by atoms with E-state index >= 15 is 0 Å². The van der Waals surface area contributed by atoms with Crippen LogP contribution in [-0.4, -0.2) is 43.1 Å². The molecule has 15 heavy (non-hydrogen) atoms. The van der Waals surface area contributed by atoms with E-state index in [1.807, 2.05) is 5.38 Å². The Morgan fingerprint density at radius 2 is 2.27 bits per heavy atom. The van der Waals surface area contributed by atoms with Crippen molar-refractivity contribution in [2.75, 3.05) is 32.1 Å². The van der Waals surface area contributed by atoms with Crippen LogP contribution in [0, 0.1) is 5.92 Å². The second-order valence-corrected chi connectivity index (χ2v) is 6.02. The Bertz CT molecular complexity index is 339. The average molecular weight is 290 g/mol. The van der Waals surface area contributed by atoms with Gasteiger partial charge >= 0.3 is 0 Å². The molecule has 0 N–H and O–H groups in total. The van der Waals surface area contributed by atoms with Crippen molar-refractivity contribution in [3.63, 3.8) is 0 Å². The third-order valence-electron chi connectivity index (χ3n) is 2.97. The van der Waals surface area contributed by atoms with Gasteiger partial charge in [0.1, 0.15) is 4.60 Å². The fourth-order valence-corrected chi connectivity index (χ4v) is 3.44. The zero-order valence-electron chi connectivity index (χ0n) is 9.27. The van der Waals surface area contributed by atoms with Crippen LogP contribution in [-0.2, 0) is 0 Å². The van der Waals surface area contributed by atoms with Crippen LogP contribution in [0.5, 0.6) is 0 Å². The van der Waals surface area contributed by atoms with Gasteiger partial charge in [-0.2, -0.15) is 0 Å². The van der Waals surface area contributed by atoms with Crippen molar-refractivity contribution in [1.29, 1.82) is 0 Å². The van der Waals surface area contributed by atoms with Crippen LogP contribution < -0.4 is 4.90 Å². The Balaban J connectivity index is 2.09. The lowest BCUT2D eigenvalue weighted by atomic mass is 10.1. The van der Waals surface area contributed by atoms with Gasteiger partial charge in [-0.1, -0.05) is 6.92 Å². The van der Waals surface area contributed by atoms with Gasteiger partial charge in [-0.05, 0) is 35.9 Å². The normalized spacial score (nSPS) is 26.6. The number of anilines is 1. The molecule has 84 valence electrons. The third-order valence-corrected chi connectivity index (χ3v) is 4.58. The Labute approximate surface area is 103 Å². The minimum absolute atomic E-state index is 0.646. The summed E-state index contributed by atoms with van der Waals surface area (Å²) in [4.78, 5) is 9.16. The van der Waals surface area contributed by atoms with Gasteiger partial charge < -0.3 is 9.80 Å². The molecule has 0 saturated carbocycles. The second-order valence-electron chi connectivity index (χ2n) is 4.37. The molecule has 1 aliphatic heterocycles. The van der Waals surface area contributed by atoms with Crippen molar-refractivity contribution >= 4 is 32.4 Å². The fourth-order valence-electron chi connectivity index (χ4n) is 2.17. The Kier molecular flexibility index (Phi) is 3.33. The van der Waals surface area contributed by atoms with Gasteiger partial charge in [0.25, 0.3) is 0 Å². The van der Waals surface area contributed by atoms with Crippen LogP contribution in [0.15, 0.2) is 9.98 Å². The zero-order chi connectivity index (χ0) is 11.0. The van der Waals surface area contributed by atoms with E-state index in [4.69, 9.17) is 0 Å². The topological polar surface area (TPSA) is 19.4 Å². The van der Waals surface area contributed by atoms with Crippen molar-refractivity contribution in [3.05, 3.63) is 9.98 Å². The first-order chi connectivity index (χ1) is 7.08. The van der Waals surface area contributed by atoms with Crippen molar-refractivity contribution in [2.45, 2.75) is 13.0 Å². The number of thiazole rings is 1. The first-order valence-corrected chi connectivity index (χ1v) is 6.77. The molecule has 2 heterocycles. The molecule has 0 aromatic carbocycles. The van der Waals surface area contributed by atoms with Gasteiger partial charge in [-0.25, -0.2) is 4.98 Å². The van der Waals surface area contributed by atoms with Crippen molar-refractivity contribution in [1.82, 2.24) is 9.88 Å². The summed E-state index contributed by atoms with van der Waals surface area (Å²) < 4.78 is 0.948. The highest BCUT2D eigenvalue weighted by Crippen LogP contribution is 2.29. The second kappa shape index (κ2) is 4.39. The molecule has 2 rings (SSSR count). The van der Waals surface area contributed by atoms with Crippen LogP contribution in [0.25, 0.3) is 0 Å². The Hall–Kier alpha value is -0.130. The van der Waals surface area contributed by atoms with Gasteiger partial charge in [-0.3, -0.25) is 0 Å². The van der Waals surface area contributed by atoms with E-state index in [-0.39, 0.29) is 0 Å². The number of likely N-dealkylation sites (N-methyl/N-ethyl adjacent to an activating group) is 1. The highest BCUT2D eigenvalue weighted by atomic mass is 79.9. The molecule has 1 fully saturated rings. The predicted molar refractivity (Wildman–Crippen MR) is 68.7 cm³/mol. The van der Waals surface area contributed by atoms with E-state index in [1.54, 1.807) is 11.3 Å². The number of nitrogens with zero attached hydrogens (tertiary/aromatic N) is 3. The molecule has 1 aliphatic rings. The monoisotopic (exact) mass is 289 g/mol. The Morgan fingerprint density at radius 1 is 1.53 bits per heavy atom. The van der Waals surface area contributed by atoms with E-state index in [2.05, 4.69) is 51.7 Å². The van der Waals surface area contributed by atoms with Gasteiger partial charge in [0, 0.05) is 24.5 Å². The standard InChI is InChI=1S/C10H16BrN3S/c1-7-4-14(5-8(7)13(2)3)10-12-9(11)6-15-10/h6-8H,4-5H2,1-3H3. The lowest BCUT2D eigenvalue weighted by Crippen LogP contribution is -2.34. The van der Waals surface area contributed by atoms with Crippen LogP contribution >= 0.6 is 27.3 Å². The third kappa shape index (κ3) is 2.34. The summed E-state index contributed by atoms with van der Waals surface area (Å²) in [7, 11) is 4.31. The molecule has 1 aromatic heterocycles. The zero-order valence-corrected chi connectivity index (χ0v) is 11.7. The molecule has 1 saturated heterocycles. The van der Waals surface area contributed by atoms with Gasteiger partial charge in [0.15, 0.2) is 5.13 Å². The molecule has 0 aliphatic carbocycles. The fraction of sp³-hybridized carbons (Fsp3) is 0.700. The quantitative estimate of drug-likeness (QED) is 0.833. The highest BCUT2D eigenvalue weighted by Gasteiger charge is 2.32. The van der Waals surface area contributed by atoms with E-state index in [0.29, 0.717) is 12.0 Å². The van der Waals surface area contributed by atoms with E-state index in [1.165, 1.54) is 0 Å². The lowest BCUT2D eigenvalue weighted by Gasteiger charge is -2.22. The van der Waals surface area contributed by atoms with Crippen LogP contribution in [0.4, 0.5) is 5.13 Å². The molecule has 2 atom stereocenters. The smallest absolute Gasteiger partial charge is 0.186 e. The van der Waals surface area contributed by atoms with Gasteiger partial charge in [0.2, 0.25) is 0 Å². The number of hydrogen-bond acceptors (Lipinski definition) is 4. The lowest BCUT2D eigenvalue weighted by molar-refractivity contribution is 0.266. The van der Waals surface area contributed by atoms with Crippen molar-refractivity contribution in [2.24, 2.45) is 5.92 Å². The number of halogens is 1. The predicted octanol–water partition coefficient (Wildman–Crippen LogP) is 2.29. The molecule has 5 heteroatoms. The molecule has 0 amide bonds. The maximum atomic E-state index is 4.46. The first kappa shape index (κ1) is 11.4. The van der Waals surface area contributed by atoms with Gasteiger partial charge in [-0.15, -0.1) is 11.3 Å². The molecule has 0 radical (unpaired) electrons. The van der Waals surface area contributed by atoms with Crippen molar-refractivity contribution < 1.29 is 0 Å². The number of hydrogen-bond donors (Lipinski definition) is 0. The summed E-state index contributed by atoms with van der Waals surface area (Å²) in [6, 6.07) is 0.646.